The van der Waals surface area contributed by atoms with E-state index in [1.165, 1.54) is 0 Å². The molecule has 0 saturated heterocycles. The first-order chi connectivity index (χ1) is 2.27. The molecule has 0 amide bonds. The van der Waals surface area contributed by atoms with Crippen molar-refractivity contribution in [3.8, 4) is 0 Å². The third-order valence-corrected chi connectivity index (χ3v) is 0.684. The SMILES string of the molecule is C=C(C)CCl.[MgH2]. The van der Waals surface area contributed by atoms with Crippen LogP contribution in [-0.2, 0) is 0 Å². The van der Waals surface area contributed by atoms with Gasteiger partial charge < -0.3 is 0 Å². The lowest BCUT2D eigenvalue weighted by molar-refractivity contribution is 1.43. The van der Waals surface area contributed by atoms with Crippen LogP contribution in [0.1, 0.15) is 6.92 Å². The third kappa shape index (κ3) is 8.84. The molecule has 0 aliphatic carbocycles. The first-order valence-electron chi connectivity index (χ1n) is 1.47. The maximum absolute atomic E-state index is 5.24. The van der Waals surface area contributed by atoms with Gasteiger partial charge in [0.15, 0.2) is 0 Å². The highest BCUT2D eigenvalue weighted by molar-refractivity contribution is 6.19. The van der Waals surface area contributed by atoms with Crippen molar-refractivity contribution in [3.05, 3.63) is 12.2 Å². The summed E-state index contributed by atoms with van der Waals surface area (Å²) in [6, 6.07) is 0. The van der Waals surface area contributed by atoms with E-state index < -0.39 is 0 Å². The van der Waals surface area contributed by atoms with Gasteiger partial charge in [0.05, 0.1) is 0 Å². The molecule has 0 saturated carbocycles. The average Bonchev–Trinajstić information content (AvgIpc) is 1.38. The summed E-state index contributed by atoms with van der Waals surface area (Å²) < 4.78 is 0. The first kappa shape index (κ1) is 9.93. The molecule has 0 nitrogen and oxygen atoms in total. The van der Waals surface area contributed by atoms with Crippen LogP contribution in [0.3, 0.4) is 0 Å². The Morgan fingerprint density at radius 2 is 2.00 bits per heavy atom. The van der Waals surface area contributed by atoms with E-state index in [1.54, 1.807) is 0 Å². The van der Waals surface area contributed by atoms with Gasteiger partial charge in [-0.1, -0.05) is 12.2 Å². The highest BCUT2D eigenvalue weighted by Crippen LogP contribution is 1.86. The zero-order valence-corrected chi connectivity index (χ0v) is 4.05. The molecule has 0 radical (unpaired) electrons. The Hall–Kier alpha value is 0.796. The lowest BCUT2D eigenvalue weighted by Crippen LogP contribution is -1.65. The van der Waals surface area contributed by atoms with Crippen LogP contribution in [0.5, 0.6) is 0 Å². The van der Waals surface area contributed by atoms with E-state index >= 15 is 0 Å². The molecule has 0 atom stereocenters. The fraction of sp³-hybridized carbons (Fsp3) is 0.500. The maximum Gasteiger partial charge on any atom is 0.316 e. The fourth-order valence-electron chi connectivity index (χ4n) is 0. The number of alkyl halides is 1. The van der Waals surface area contributed by atoms with Crippen LogP contribution in [0.25, 0.3) is 0 Å². The third-order valence-electron chi connectivity index (χ3n) is 0.228. The van der Waals surface area contributed by atoms with Crippen LogP contribution < -0.4 is 0 Å². The summed E-state index contributed by atoms with van der Waals surface area (Å²) in [6.45, 7) is 5.44. The Bertz CT molecular complexity index is 42.8. The van der Waals surface area contributed by atoms with Gasteiger partial charge in [0.1, 0.15) is 0 Å². The monoisotopic (exact) mass is 116 g/mol. The molecule has 0 aromatic carbocycles. The second-order valence-electron chi connectivity index (χ2n) is 1.09. The molecule has 0 aliphatic rings. The Labute approximate surface area is 59.7 Å². The van der Waals surface area contributed by atoms with Gasteiger partial charge in [-0.2, -0.15) is 0 Å². The van der Waals surface area contributed by atoms with Crippen LogP contribution in [0.2, 0.25) is 0 Å². The number of hydrogen-bond acceptors (Lipinski definition) is 0. The molecule has 0 N–H and O–H groups in total. The smallest absolute Gasteiger partial charge is 0.122 e. The summed E-state index contributed by atoms with van der Waals surface area (Å²) in [7, 11) is 0. The molecule has 34 valence electrons. The highest BCUT2D eigenvalue weighted by atomic mass is 35.5. The molecule has 0 aromatic rings. The standard InChI is InChI=1S/C4H7Cl.Mg.2H/c1-4(2)3-5;;;/h1,3H2,2H3;;;. The van der Waals surface area contributed by atoms with Gasteiger partial charge >= 0.3 is 23.1 Å². The number of rotatable bonds is 1. The van der Waals surface area contributed by atoms with E-state index in [2.05, 4.69) is 6.58 Å². The Kier molecular flexibility index (Phi) is 9.59. The maximum atomic E-state index is 5.24. The van der Waals surface area contributed by atoms with Gasteiger partial charge in [-0.25, -0.2) is 0 Å². The van der Waals surface area contributed by atoms with E-state index in [1.807, 2.05) is 6.92 Å². The molecule has 0 heterocycles. The van der Waals surface area contributed by atoms with Gasteiger partial charge in [-0.05, 0) is 6.92 Å². The van der Waals surface area contributed by atoms with Crippen molar-refractivity contribution < 1.29 is 0 Å². The van der Waals surface area contributed by atoms with Gasteiger partial charge in [-0.15, -0.1) is 11.6 Å². The lowest BCUT2D eigenvalue weighted by atomic mass is 10.4. The van der Waals surface area contributed by atoms with E-state index in [9.17, 15) is 0 Å². The summed E-state index contributed by atoms with van der Waals surface area (Å²) in [4.78, 5) is 0. The van der Waals surface area contributed by atoms with E-state index in [0.717, 1.165) is 5.57 Å². The summed E-state index contributed by atoms with van der Waals surface area (Å²) in [5, 5.41) is 0. The molecule has 0 bridgehead atoms. The van der Waals surface area contributed by atoms with Crippen molar-refractivity contribution in [1.82, 2.24) is 0 Å². The van der Waals surface area contributed by atoms with Crippen molar-refractivity contribution >= 4 is 34.7 Å². The number of hydrogen-bond donors (Lipinski definition) is 0. The minimum Gasteiger partial charge on any atom is -0.122 e. The Morgan fingerprint density at radius 3 is 2.00 bits per heavy atom. The molecule has 0 unspecified atom stereocenters. The lowest BCUT2D eigenvalue weighted by Gasteiger charge is -1.77. The Morgan fingerprint density at radius 1 is 1.83 bits per heavy atom. The highest BCUT2D eigenvalue weighted by Gasteiger charge is 1.70. The van der Waals surface area contributed by atoms with Crippen molar-refractivity contribution in [2.45, 2.75) is 6.92 Å². The van der Waals surface area contributed by atoms with Crippen LogP contribution in [0.15, 0.2) is 12.2 Å². The second-order valence-corrected chi connectivity index (χ2v) is 1.36. The molecule has 0 rings (SSSR count). The summed E-state index contributed by atoms with van der Waals surface area (Å²) in [6.07, 6.45) is 0. The predicted molar refractivity (Wildman–Crippen MR) is 34.1 cm³/mol. The van der Waals surface area contributed by atoms with Gasteiger partial charge in [0.2, 0.25) is 0 Å². The van der Waals surface area contributed by atoms with Crippen LogP contribution in [-0.4, -0.2) is 28.9 Å². The van der Waals surface area contributed by atoms with Crippen molar-refractivity contribution in [3.63, 3.8) is 0 Å². The number of halogens is 1. The fourth-order valence-corrected chi connectivity index (χ4v) is 0. The second kappa shape index (κ2) is 5.80. The zero-order valence-electron chi connectivity index (χ0n) is 3.29. The summed E-state index contributed by atoms with van der Waals surface area (Å²) in [5.74, 6) is 0.583. The average molecular weight is 117 g/mol. The van der Waals surface area contributed by atoms with Gasteiger partial charge in [0.25, 0.3) is 0 Å². The topological polar surface area (TPSA) is 0 Å². The zero-order chi connectivity index (χ0) is 4.28. The quantitative estimate of drug-likeness (QED) is 0.271. The van der Waals surface area contributed by atoms with Crippen LogP contribution in [0.4, 0.5) is 0 Å². The number of allylic oxidation sites excluding steroid dienone is 1. The van der Waals surface area contributed by atoms with Crippen molar-refractivity contribution in [2.24, 2.45) is 0 Å². The molecule has 0 aromatic heterocycles. The minimum atomic E-state index is 0. The van der Waals surface area contributed by atoms with E-state index in [0.29, 0.717) is 5.88 Å². The van der Waals surface area contributed by atoms with Crippen molar-refractivity contribution in [1.29, 1.82) is 0 Å². The largest absolute Gasteiger partial charge is 0.316 e. The van der Waals surface area contributed by atoms with E-state index in [4.69, 9.17) is 11.6 Å². The predicted octanol–water partition coefficient (Wildman–Crippen LogP) is 0.885. The van der Waals surface area contributed by atoms with Gasteiger partial charge in [0, 0.05) is 5.88 Å². The minimum absolute atomic E-state index is 0. The van der Waals surface area contributed by atoms with Crippen molar-refractivity contribution in [2.75, 3.05) is 5.88 Å². The normalized spacial score (nSPS) is 6.33. The van der Waals surface area contributed by atoms with Gasteiger partial charge in [-0.3, -0.25) is 0 Å². The molecule has 0 fully saturated rings. The Balaban J connectivity index is 0. The first-order valence-corrected chi connectivity index (χ1v) is 2.01. The molecule has 0 aliphatic heterocycles. The summed E-state index contributed by atoms with van der Waals surface area (Å²) >= 11 is 5.24. The molecule has 2 heteroatoms. The molecular weight excluding hydrogens is 108 g/mol. The van der Waals surface area contributed by atoms with E-state index in [-0.39, 0.29) is 23.1 Å². The van der Waals surface area contributed by atoms with Crippen LogP contribution >= 0.6 is 11.6 Å². The molecule has 0 spiro atoms. The molecule has 6 heavy (non-hydrogen) atoms. The summed E-state index contributed by atoms with van der Waals surface area (Å²) in [5.41, 5.74) is 1.02. The van der Waals surface area contributed by atoms with Crippen LogP contribution in [0, 0.1) is 0 Å². The molecular formula is C4H9ClMg.